The van der Waals surface area contributed by atoms with Crippen LogP contribution in [0.5, 0.6) is 11.5 Å². The summed E-state index contributed by atoms with van der Waals surface area (Å²) in [5, 5.41) is 0. The molecule has 0 amide bonds. The molecule has 0 spiro atoms. The molecule has 0 aliphatic rings. The van der Waals surface area contributed by atoms with E-state index in [1.165, 1.54) is 0 Å². The molecule has 2 aromatic rings. The first-order valence-electron chi connectivity index (χ1n) is 6.97. The number of nitrogens with two attached hydrogens (primary N) is 1. The second-order valence-corrected chi connectivity index (χ2v) is 6.97. The molecule has 1 unspecified atom stereocenters. The largest absolute Gasteiger partial charge is 0.457 e. The number of ether oxygens (including phenoxy) is 1. The van der Waals surface area contributed by atoms with Gasteiger partial charge in [0.2, 0.25) is 0 Å². The molecule has 2 rings (SSSR count). The number of hydrogen-bond acceptors (Lipinski definition) is 2. The fourth-order valence-corrected chi connectivity index (χ4v) is 2.70. The van der Waals surface area contributed by atoms with Crippen molar-refractivity contribution in [2.24, 2.45) is 5.73 Å². The zero-order valence-corrected chi connectivity index (χ0v) is 15.4. The third kappa shape index (κ3) is 4.56. The van der Waals surface area contributed by atoms with Crippen molar-refractivity contribution in [1.29, 1.82) is 0 Å². The first-order chi connectivity index (χ1) is 9.99. The molecule has 112 valence electrons. The van der Waals surface area contributed by atoms with Crippen LogP contribution in [0.25, 0.3) is 0 Å². The summed E-state index contributed by atoms with van der Waals surface area (Å²) < 4.78 is 8.14. The lowest BCUT2D eigenvalue weighted by atomic mass is 10.0. The highest BCUT2D eigenvalue weighted by Gasteiger charge is 2.11. The van der Waals surface area contributed by atoms with E-state index in [0.717, 1.165) is 44.4 Å². The van der Waals surface area contributed by atoms with Crippen molar-refractivity contribution in [1.82, 2.24) is 0 Å². The molecule has 1 atom stereocenters. The van der Waals surface area contributed by atoms with E-state index in [2.05, 4.69) is 44.8 Å². The van der Waals surface area contributed by atoms with Gasteiger partial charge in [0.1, 0.15) is 11.5 Å². The maximum atomic E-state index is 6.13. The summed E-state index contributed by atoms with van der Waals surface area (Å²) in [7, 11) is 0. The van der Waals surface area contributed by atoms with Crippen molar-refractivity contribution in [3.8, 4) is 11.5 Å². The van der Waals surface area contributed by atoms with Gasteiger partial charge in [-0.3, -0.25) is 0 Å². The first-order valence-corrected chi connectivity index (χ1v) is 8.56. The Morgan fingerprint density at radius 2 is 1.67 bits per heavy atom. The fourth-order valence-electron chi connectivity index (χ4n) is 2.02. The van der Waals surface area contributed by atoms with Gasteiger partial charge in [0.25, 0.3) is 0 Å². The van der Waals surface area contributed by atoms with Gasteiger partial charge in [-0.05, 0) is 55.2 Å². The van der Waals surface area contributed by atoms with Crippen molar-refractivity contribution >= 4 is 31.9 Å². The summed E-state index contributed by atoms with van der Waals surface area (Å²) in [4.78, 5) is 0. The van der Waals surface area contributed by atoms with Gasteiger partial charge in [-0.1, -0.05) is 50.9 Å². The molecule has 0 fully saturated rings. The number of benzene rings is 2. The van der Waals surface area contributed by atoms with Crippen LogP contribution in [-0.2, 0) is 6.42 Å². The molecule has 0 saturated heterocycles. The Balaban J connectivity index is 2.33. The number of aryl methyl sites for hydroxylation is 1. The molecular weight excluding hydrogens is 394 g/mol. The minimum Gasteiger partial charge on any atom is -0.457 e. The van der Waals surface area contributed by atoms with Crippen molar-refractivity contribution in [2.45, 2.75) is 32.7 Å². The van der Waals surface area contributed by atoms with Crippen LogP contribution in [0.15, 0.2) is 45.3 Å². The quantitative estimate of drug-likeness (QED) is 0.694. The van der Waals surface area contributed by atoms with E-state index in [-0.39, 0.29) is 6.04 Å². The van der Waals surface area contributed by atoms with E-state index < -0.39 is 0 Å². The number of hydrogen-bond donors (Lipinski definition) is 1. The van der Waals surface area contributed by atoms with E-state index in [0.29, 0.717) is 0 Å². The lowest BCUT2D eigenvalue weighted by Gasteiger charge is -2.16. The summed E-state index contributed by atoms with van der Waals surface area (Å²) >= 11 is 6.99. The highest BCUT2D eigenvalue weighted by molar-refractivity contribution is 9.10. The molecule has 21 heavy (non-hydrogen) atoms. The van der Waals surface area contributed by atoms with Gasteiger partial charge in [-0.25, -0.2) is 0 Å². The van der Waals surface area contributed by atoms with E-state index in [4.69, 9.17) is 10.5 Å². The highest BCUT2D eigenvalue weighted by atomic mass is 79.9. The highest BCUT2D eigenvalue weighted by Crippen LogP contribution is 2.32. The normalized spacial score (nSPS) is 12.2. The molecule has 0 aliphatic heterocycles. The van der Waals surface area contributed by atoms with Gasteiger partial charge in [0.15, 0.2) is 0 Å². The van der Waals surface area contributed by atoms with Gasteiger partial charge >= 0.3 is 0 Å². The average molecular weight is 413 g/mol. The number of halogens is 2. The Labute approximate surface area is 143 Å². The zero-order valence-electron chi connectivity index (χ0n) is 12.2. The second kappa shape index (κ2) is 7.43. The first kappa shape index (κ1) is 16.5. The topological polar surface area (TPSA) is 35.2 Å². The Morgan fingerprint density at radius 1 is 1.05 bits per heavy atom. The van der Waals surface area contributed by atoms with Crippen molar-refractivity contribution < 1.29 is 4.74 Å². The van der Waals surface area contributed by atoms with Gasteiger partial charge in [0.05, 0.1) is 0 Å². The van der Waals surface area contributed by atoms with Gasteiger partial charge < -0.3 is 10.5 Å². The van der Waals surface area contributed by atoms with Crippen LogP contribution < -0.4 is 10.5 Å². The molecule has 0 radical (unpaired) electrons. The Hall–Kier alpha value is -0.840. The molecule has 0 aliphatic carbocycles. The summed E-state index contributed by atoms with van der Waals surface area (Å²) in [6.07, 6.45) is 1.76. The van der Waals surface area contributed by atoms with Crippen LogP contribution in [0.3, 0.4) is 0 Å². The molecular formula is C17H19Br2NO. The van der Waals surface area contributed by atoms with E-state index >= 15 is 0 Å². The predicted molar refractivity (Wildman–Crippen MR) is 95.1 cm³/mol. The SMILES string of the molecule is CCC(N)Cc1ccc(Br)cc1Oc1cc(Br)ccc1C. The van der Waals surface area contributed by atoms with Crippen molar-refractivity contribution in [3.63, 3.8) is 0 Å². The molecule has 0 saturated carbocycles. The van der Waals surface area contributed by atoms with E-state index in [1.54, 1.807) is 0 Å². The number of rotatable bonds is 5. The van der Waals surface area contributed by atoms with Crippen LogP contribution in [-0.4, -0.2) is 6.04 Å². The minimum absolute atomic E-state index is 0.150. The van der Waals surface area contributed by atoms with Crippen LogP contribution in [0.1, 0.15) is 24.5 Å². The van der Waals surface area contributed by atoms with Gasteiger partial charge in [-0.15, -0.1) is 0 Å². The van der Waals surface area contributed by atoms with Crippen LogP contribution >= 0.6 is 31.9 Å². The maximum Gasteiger partial charge on any atom is 0.131 e. The molecule has 2 aromatic carbocycles. The van der Waals surface area contributed by atoms with Crippen LogP contribution in [0.2, 0.25) is 0 Å². The monoisotopic (exact) mass is 411 g/mol. The maximum absolute atomic E-state index is 6.13. The van der Waals surface area contributed by atoms with Crippen molar-refractivity contribution in [3.05, 3.63) is 56.5 Å². The molecule has 4 heteroatoms. The van der Waals surface area contributed by atoms with Gasteiger partial charge in [-0.2, -0.15) is 0 Å². The smallest absolute Gasteiger partial charge is 0.131 e. The molecule has 0 bridgehead atoms. The average Bonchev–Trinajstić information content (AvgIpc) is 2.45. The van der Waals surface area contributed by atoms with Crippen molar-refractivity contribution in [2.75, 3.05) is 0 Å². The predicted octanol–water partition coefficient (Wildman–Crippen LogP) is 5.59. The molecule has 2 N–H and O–H groups in total. The molecule has 0 heterocycles. The Kier molecular flexibility index (Phi) is 5.85. The van der Waals surface area contributed by atoms with Crippen LogP contribution in [0, 0.1) is 6.92 Å². The third-order valence-electron chi connectivity index (χ3n) is 3.41. The van der Waals surface area contributed by atoms with E-state index in [1.807, 2.05) is 37.3 Å². The summed E-state index contributed by atoms with van der Waals surface area (Å²) in [5.74, 6) is 1.71. The summed E-state index contributed by atoms with van der Waals surface area (Å²) in [5.41, 5.74) is 8.32. The van der Waals surface area contributed by atoms with Crippen LogP contribution in [0.4, 0.5) is 0 Å². The second-order valence-electron chi connectivity index (χ2n) is 5.14. The Morgan fingerprint density at radius 3 is 2.33 bits per heavy atom. The van der Waals surface area contributed by atoms with E-state index in [9.17, 15) is 0 Å². The standard InChI is InChI=1S/C17H19Br2NO/c1-3-15(20)8-12-5-7-14(19)10-17(12)21-16-9-13(18)6-4-11(16)2/h4-7,9-10,15H,3,8,20H2,1-2H3. The molecule has 2 nitrogen and oxygen atoms in total. The Bertz CT molecular complexity index is 628. The molecule has 0 aromatic heterocycles. The minimum atomic E-state index is 0.150. The zero-order chi connectivity index (χ0) is 15.4. The summed E-state index contributed by atoms with van der Waals surface area (Å²) in [6.45, 7) is 4.14. The lowest BCUT2D eigenvalue weighted by Crippen LogP contribution is -2.21. The fraction of sp³-hybridized carbons (Fsp3) is 0.294. The van der Waals surface area contributed by atoms with Gasteiger partial charge in [0, 0.05) is 15.0 Å². The third-order valence-corrected chi connectivity index (χ3v) is 4.39. The summed E-state index contributed by atoms with van der Waals surface area (Å²) in [6, 6.07) is 12.3. The lowest BCUT2D eigenvalue weighted by molar-refractivity contribution is 0.468.